The molecule has 2 fully saturated rings. The van der Waals surface area contributed by atoms with Crippen molar-refractivity contribution in [1.29, 1.82) is 0 Å². The van der Waals surface area contributed by atoms with Crippen molar-refractivity contribution in [3.8, 4) is 0 Å². The molecule has 3 heterocycles. The Kier molecular flexibility index (Phi) is 5.36. The van der Waals surface area contributed by atoms with E-state index in [4.69, 9.17) is 0 Å². The molecule has 0 atom stereocenters. The van der Waals surface area contributed by atoms with E-state index >= 15 is 0 Å². The van der Waals surface area contributed by atoms with Gasteiger partial charge >= 0.3 is 0 Å². The Balaban J connectivity index is 1.37. The van der Waals surface area contributed by atoms with Gasteiger partial charge in [0.15, 0.2) is 0 Å². The minimum absolute atomic E-state index is 0.0659. The maximum absolute atomic E-state index is 12.9. The first-order valence-corrected chi connectivity index (χ1v) is 11.9. The second-order valence-electron chi connectivity index (χ2n) is 7.42. The fourth-order valence-corrected chi connectivity index (χ4v) is 7.04. The average Bonchev–Trinajstić information content (AvgIpc) is 3.13. The minimum Gasteiger partial charge on any atom is -0.335 e. The molecule has 4 rings (SSSR count). The first-order chi connectivity index (χ1) is 12.6. The Hall–Kier alpha value is -0.960. The van der Waals surface area contributed by atoms with Crippen molar-refractivity contribution in [3.05, 3.63) is 21.4 Å². The summed E-state index contributed by atoms with van der Waals surface area (Å²) in [5, 5.41) is 0. The predicted molar refractivity (Wildman–Crippen MR) is 103 cm³/mol. The number of nitrogens with zero attached hydrogens (tertiary/aromatic N) is 3. The zero-order valence-electron chi connectivity index (χ0n) is 15.2. The molecule has 0 N–H and O–H groups in total. The van der Waals surface area contributed by atoms with Crippen molar-refractivity contribution >= 4 is 27.5 Å². The molecule has 0 aromatic carbocycles. The minimum atomic E-state index is -3.39. The van der Waals surface area contributed by atoms with E-state index in [1.165, 1.54) is 16.9 Å². The number of thiophene rings is 1. The summed E-state index contributed by atoms with van der Waals surface area (Å²) in [4.78, 5) is 16.8. The van der Waals surface area contributed by atoms with Crippen molar-refractivity contribution in [2.75, 3.05) is 39.3 Å². The summed E-state index contributed by atoms with van der Waals surface area (Å²) >= 11 is 1.62. The highest BCUT2D eigenvalue weighted by Crippen LogP contribution is 2.31. The number of amides is 1. The van der Waals surface area contributed by atoms with Crippen LogP contribution in [0.25, 0.3) is 0 Å². The van der Waals surface area contributed by atoms with Crippen molar-refractivity contribution in [3.63, 3.8) is 0 Å². The lowest BCUT2D eigenvalue weighted by Crippen LogP contribution is -2.54. The monoisotopic (exact) mass is 397 g/mol. The van der Waals surface area contributed by atoms with E-state index in [0.717, 1.165) is 43.4 Å². The van der Waals surface area contributed by atoms with Gasteiger partial charge in [0.1, 0.15) is 0 Å². The van der Waals surface area contributed by atoms with Gasteiger partial charge in [0.25, 0.3) is 16.1 Å². The van der Waals surface area contributed by atoms with Crippen LogP contribution in [0, 0.1) is 0 Å². The number of piperazine rings is 1. The fraction of sp³-hybridized carbons (Fsp3) is 0.722. The quantitative estimate of drug-likeness (QED) is 0.785. The summed E-state index contributed by atoms with van der Waals surface area (Å²) in [6.45, 7) is 3.01. The van der Waals surface area contributed by atoms with Crippen molar-refractivity contribution < 1.29 is 13.2 Å². The van der Waals surface area contributed by atoms with Crippen LogP contribution in [-0.4, -0.2) is 67.1 Å². The van der Waals surface area contributed by atoms with E-state index in [1.54, 1.807) is 19.9 Å². The second kappa shape index (κ2) is 7.58. The van der Waals surface area contributed by atoms with E-state index in [1.807, 2.05) is 4.90 Å². The third-order valence-electron chi connectivity index (χ3n) is 5.70. The number of carbonyl (C=O) groups excluding carboxylic acids is 1. The summed E-state index contributed by atoms with van der Waals surface area (Å²) in [6, 6.07) is 2.05. The molecular weight excluding hydrogens is 370 g/mol. The van der Waals surface area contributed by atoms with E-state index in [9.17, 15) is 13.2 Å². The summed E-state index contributed by atoms with van der Waals surface area (Å²) in [5.74, 6) is 0.0659. The maximum atomic E-state index is 12.9. The molecule has 8 heteroatoms. The number of aryl methyl sites for hydroxylation is 2. The predicted octanol–water partition coefficient (Wildman–Crippen LogP) is 2.12. The van der Waals surface area contributed by atoms with Crippen LogP contribution in [0.1, 0.15) is 52.2 Å². The molecule has 0 unspecified atom stereocenters. The van der Waals surface area contributed by atoms with Crippen LogP contribution in [-0.2, 0) is 23.1 Å². The van der Waals surface area contributed by atoms with Gasteiger partial charge in [-0.2, -0.15) is 17.0 Å². The van der Waals surface area contributed by atoms with Gasteiger partial charge < -0.3 is 4.90 Å². The Labute approximate surface area is 160 Å². The lowest BCUT2D eigenvalue weighted by Gasteiger charge is -2.36. The fourth-order valence-electron chi connectivity index (χ4n) is 4.15. The van der Waals surface area contributed by atoms with Crippen LogP contribution >= 0.6 is 11.3 Å². The highest BCUT2D eigenvalue weighted by atomic mass is 32.2. The molecule has 144 valence electrons. The average molecular weight is 398 g/mol. The van der Waals surface area contributed by atoms with Gasteiger partial charge in [-0.25, -0.2) is 0 Å². The summed E-state index contributed by atoms with van der Waals surface area (Å²) < 4.78 is 29.0. The van der Waals surface area contributed by atoms with Crippen molar-refractivity contribution in [2.24, 2.45) is 0 Å². The molecule has 1 aliphatic carbocycles. The number of fused-ring (bicyclic) bond motifs is 1. The summed E-state index contributed by atoms with van der Waals surface area (Å²) in [7, 11) is -3.39. The lowest BCUT2D eigenvalue weighted by atomic mass is 10.2. The summed E-state index contributed by atoms with van der Waals surface area (Å²) in [6.07, 6.45) is 7.48. The van der Waals surface area contributed by atoms with E-state index in [2.05, 4.69) is 6.07 Å². The number of carbonyl (C=O) groups is 1. The van der Waals surface area contributed by atoms with Crippen LogP contribution in [0.2, 0.25) is 0 Å². The van der Waals surface area contributed by atoms with Gasteiger partial charge in [0.2, 0.25) is 0 Å². The van der Waals surface area contributed by atoms with Gasteiger partial charge in [0, 0.05) is 44.1 Å². The SMILES string of the molecule is O=C(c1cc2c(s1)CCC2)N1CCN(S(=O)(=O)N2CCCCCC2)CC1. The Morgan fingerprint density at radius 3 is 2.15 bits per heavy atom. The first-order valence-electron chi connectivity index (χ1n) is 9.72. The Morgan fingerprint density at radius 2 is 1.50 bits per heavy atom. The molecule has 2 aliphatic heterocycles. The Bertz CT molecular complexity index is 737. The smallest absolute Gasteiger partial charge is 0.282 e. The normalized spacial score (nSPS) is 23.0. The van der Waals surface area contributed by atoms with Crippen molar-refractivity contribution in [1.82, 2.24) is 13.5 Å². The van der Waals surface area contributed by atoms with E-state index in [0.29, 0.717) is 39.3 Å². The van der Waals surface area contributed by atoms with Gasteiger partial charge in [-0.1, -0.05) is 12.8 Å². The highest BCUT2D eigenvalue weighted by Gasteiger charge is 2.34. The molecule has 1 aromatic heterocycles. The molecule has 0 radical (unpaired) electrons. The van der Waals surface area contributed by atoms with Crippen LogP contribution < -0.4 is 0 Å². The van der Waals surface area contributed by atoms with E-state index < -0.39 is 10.2 Å². The molecular formula is C18H27N3O3S2. The topological polar surface area (TPSA) is 60.9 Å². The molecule has 1 amide bonds. The molecule has 0 bridgehead atoms. The highest BCUT2D eigenvalue weighted by molar-refractivity contribution is 7.86. The third kappa shape index (κ3) is 3.56. The second-order valence-corrected chi connectivity index (χ2v) is 10.5. The lowest BCUT2D eigenvalue weighted by molar-refractivity contribution is 0.0699. The van der Waals surface area contributed by atoms with Gasteiger partial charge in [0.05, 0.1) is 4.88 Å². The Morgan fingerprint density at radius 1 is 0.846 bits per heavy atom. The van der Waals surface area contributed by atoms with E-state index in [-0.39, 0.29) is 5.91 Å². The number of rotatable bonds is 3. The molecule has 2 saturated heterocycles. The summed E-state index contributed by atoms with van der Waals surface area (Å²) in [5.41, 5.74) is 1.33. The first kappa shape index (κ1) is 18.4. The van der Waals surface area contributed by atoms with Crippen LogP contribution in [0.3, 0.4) is 0 Å². The standard InChI is InChI=1S/C18H27N3O3S2/c22-18(17-14-15-6-5-7-16(15)25-17)19-10-12-21(13-11-19)26(23,24)20-8-3-1-2-4-9-20/h14H,1-13H2. The van der Waals surface area contributed by atoms with Crippen LogP contribution in [0.4, 0.5) is 0 Å². The molecule has 0 spiro atoms. The van der Waals surface area contributed by atoms with Gasteiger partial charge in [-0.05, 0) is 43.7 Å². The van der Waals surface area contributed by atoms with Crippen LogP contribution in [0.5, 0.6) is 0 Å². The third-order valence-corrected chi connectivity index (χ3v) is 8.96. The molecule has 26 heavy (non-hydrogen) atoms. The number of hydrogen-bond donors (Lipinski definition) is 0. The zero-order chi connectivity index (χ0) is 18.1. The largest absolute Gasteiger partial charge is 0.335 e. The maximum Gasteiger partial charge on any atom is 0.282 e. The molecule has 3 aliphatic rings. The molecule has 1 aromatic rings. The zero-order valence-corrected chi connectivity index (χ0v) is 16.8. The molecule has 0 saturated carbocycles. The number of hydrogen-bond acceptors (Lipinski definition) is 4. The van der Waals surface area contributed by atoms with Crippen LogP contribution in [0.15, 0.2) is 6.07 Å². The van der Waals surface area contributed by atoms with Crippen molar-refractivity contribution in [2.45, 2.75) is 44.9 Å². The van der Waals surface area contributed by atoms with Gasteiger partial charge in [-0.15, -0.1) is 11.3 Å². The van der Waals surface area contributed by atoms with Gasteiger partial charge in [-0.3, -0.25) is 4.79 Å². The molecule has 6 nitrogen and oxygen atoms in total.